The second-order valence-electron chi connectivity index (χ2n) is 4.90. The second kappa shape index (κ2) is 6.17. The van der Waals surface area contributed by atoms with Crippen LogP contribution in [0.3, 0.4) is 0 Å². The van der Waals surface area contributed by atoms with E-state index in [1.54, 1.807) is 6.33 Å². The van der Waals surface area contributed by atoms with E-state index in [9.17, 15) is 0 Å². The van der Waals surface area contributed by atoms with Crippen LogP contribution in [-0.4, -0.2) is 19.5 Å². The highest BCUT2D eigenvalue weighted by Crippen LogP contribution is 2.16. The number of nitrogens with zero attached hydrogens (tertiary/aromatic N) is 5. The summed E-state index contributed by atoms with van der Waals surface area (Å²) in [6, 6.07) is 11.9. The zero-order valence-corrected chi connectivity index (χ0v) is 11.9. The molecule has 3 rings (SSSR count). The predicted octanol–water partition coefficient (Wildman–Crippen LogP) is 2.42. The van der Waals surface area contributed by atoms with E-state index in [1.165, 1.54) is 0 Å². The normalized spacial score (nSPS) is 10.5. The van der Waals surface area contributed by atoms with Crippen molar-refractivity contribution in [2.45, 2.75) is 13.1 Å². The number of imidazole rings is 1. The summed E-state index contributed by atoms with van der Waals surface area (Å²) in [5, 5.41) is 0. The smallest absolute Gasteiger partial charge is 0.147 e. The second-order valence-corrected chi connectivity index (χ2v) is 4.90. The van der Waals surface area contributed by atoms with Gasteiger partial charge in [0.2, 0.25) is 0 Å². The molecule has 0 bridgehead atoms. The SMILES string of the molecule is Cn1cnc(N(Cc2ccccn2)Cc2ccccn2)c1. The molecule has 3 aromatic heterocycles. The molecule has 0 aliphatic heterocycles. The molecule has 0 atom stereocenters. The maximum atomic E-state index is 4.44. The first-order valence-corrected chi connectivity index (χ1v) is 6.84. The Bertz CT molecular complexity index is 637. The zero-order valence-electron chi connectivity index (χ0n) is 11.9. The van der Waals surface area contributed by atoms with E-state index in [0.29, 0.717) is 13.1 Å². The molecule has 0 fully saturated rings. The molecule has 0 amide bonds. The molecule has 0 aromatic carbocycles. The van der Waals surface area contributed by atoms with Crippen LogP contribution in [-0.2, 0) is 20.1 Å². The Morgan fingerprint density at radius 2 is 1.52 bits per heavy atom. The van der Waals surface area contributed by atoms with Crippen LogP contribution in [0.25, 0.3) is 0 Å². The summed E-state index contributed by atoms with van der Waals surface area (Å²) in [4.78, 5) is 15.4. The van der Waals surface area contributed by atoms with Crippen molar-refractivity contribution in [2.24, 2.45) is 7.05 Å². The van der Waals surface area contributed by atoms with Gasteiger partial charge in [-0.1, -0.05) is 12.1 Å². The highest BCUT2D eigenvalue weighted by atomic mass is 15.2. The number of aryl methyl sites for hydroxylation is 1. The molecule has 0 spiro atoms. The first-order chi connectivity index (χ1) is 10.3. The average Bonchev–Trinajstić information content (AvgIpc) is 2.95. The summed E-state index contributed by atoms with van der Waals surface area (Å²) in [6.45, 7) is 1.41. The van der Waals surface area contributed by atoms with E-state index < -0.39 is 0 Å². The number of pyridine rings is 2. The largest absolute Gasteiger partial charge is 0.344 e. The molecular formula is C16H17N5. The van der Waals surface area contributed by atoms with Crippen molar-refractivity contribution in [3.63, 3.8) is 0 Å². The summed E-state index contributed by atoms with van der Waals surface area (Å²) >= 11 is 0. The molecule has 0 unspecified atom stereocenters. The van der Waals surface area contributed by atoms with Crippen molar-refractivity contribution in [1.82, 2.24) is 19.5 Å². The Balaban J connectivity index is 1.84. The van der Waals surface area contributed by atoms with Crippen molar-refractivity contribution >= 4 is 5.82 Å². The average molecular weight is 279 g/mol. The van der Waals surface area contributed by atoms with E-state index in [1.807, 2.05) is 66.6 Å². The number of aromatic nitrogens is 4. The van der Waals surface area contributed by atoms with E-state index in [4.69, 9.17) is 0 Å². The quantitative estimate of drug-likeness (QED) is 0.719. The highest BCUT2D eigenvalue weighted by Gasteiger charge is 2.12. The summed E-state index contributed by atoms with van der Waals surface area (Å²) in [5.41, 5.74) is 2.03. The van der Waals surface area contributed by atoms with Gasteiger partial charge in [-0.3, -0.25) is 9.97 Å². The van der Waals surface area contributed by atoms with E-state index in [2.05, 4.69) is 19.9 Å². The monoisotopic (exact) mass is 279 g/mol. The first kappa shape index (κ1) is 13.3. The fourth-order valence-electron chi connectivity index (χ4n) is 2.15. The van der Waals surface area contributed by atoms with Gasteiger partial charge < -0.3 is 9.47 Å². The van der Waals surface area contributed by atoms with Crippen LogP contribution in [0.2, 0.25) is 0 Å². The molecule has 0 saturated carbocycles. The van der Waals surface area contributed by atoms with Gasteiger partial charge in [0.15, 0.2) is 0 Å². The molecule has 0 aliphatic carbocycles. The molecule has 0 N–H and O–H groups in total. The summed E-state index contributed by atoms with van der Waals surface area (Å²) in [6.07, 6.45) is 7.43. The molecule has 5 heteroatoms. The van der Waals surface area contributed by atoms with Crippen molar-refractivity contribution in [3.05, 3.63) is 72.7 Å². The van der Waals surface area contributed by atoms with Gasteiger partial charge in [-0.05, 0) is 24.3 Å². The predicted molar refractivity (Wildman–Crippen MR) is 81.6 cm³/mol. The van der Waals surface area contributed by atoms with Crippen molar-refractivity contribution in [1.29, 1.82) is 0 Å². The van der Waals surface area contributed by atoms with Gasteiger partial charge in [-0.15, -0.1) is 0 Å². The number of hydrogen-bond donors (Lipinski definition) is 0. The lowest BCUT2D eigenvalue weighted by Gasteiger charge is -2.21. The van der Waals surface area contributed by atoms with Crippen molar-refractivity contribution in [3.8, 4) is 0 Å². The van der Waals surface area contributed by atoms with Crippen LogP contribution in [0.5, 0.6) is 0 Å². The number of anilines is 1. The van der Waals surface area contributed by atoms with Crippen molar-refractivity contribution in [2.75, 3.05) is 4.90 Å². The maximum Gasteiger partial charge on any atom is 0.147 e. The summed E-state index contributed by atoms with van der Waals surface area (Å²) in [5.74, 6) is 0.925. The fraction of sp³-hybridized carbons (Fsp3) is 0.188. The first-order valence-electron chi connectivity index (χ1n) is 6.84. The maximum absolute atomic E-state index is 4.44. The molecule has 3 heterocycles. The summed E-state index contributed by atoms with van der Waals surface area (Å²) < 4.78 is 1.94. The minimum Gasteiger partial charge on any atom is -0.344 e. The number of hydrogen-bond acceptors (Lipinski definition) is 4. The minimum absolute atomic E-state index is 0.703. The van der Waals surface area contributed by atoms with Gasteiger partial charge >= 0.3 is 0 Å². The fourth-order valence-corrected chi connectivity index (χ4v) is 2.15. The Morgan fingerprint density at radius 3 is 1.95 bits per heavy atom. The van der Waals surface area contributed by atoms with Crippen LogP contribution in [0, 0.1) is 0 Å². The lowest BCUT2D eigenvalue weighted by atomic mass is 10.3. The van der Waals surface area contributed by atoms with Gasteiger partial charge in [0.05, 0.1) is 30.8 Å². The lowest BCUT2D eigenvalue weighted by molar-refractivity contribution is 0.754. The lowest BCUT2D eigenvalue weighted by Crippen LogP contribution is -2.23. The van der Waals surface area contributed by atoms with Crippen LogP contribution in [0.15, 0.2) is 61.3 Å². The minimum atomic E-state index is 0.703. The molecule has 3 aromatic rings. The molecule has 21 heavy (non-hydrogen) atoms. The Labute approximate surface area is 123 Å². The van der Waals surface area contributed by atoms with Crippen LogP contribution in [0.1, 0.15) is 11.4 Å². The van der Waals surface area contributed by atoms with Gasteiger partial charge in [0.25, 0.3) is 0 Å². The van der Waals surface area contributed by atoms with Gasteiger partial charge in [0.1, 0.15) is 5.82 Å². The third-order valence-electron chi connectivity index (χ3n) is 3.17. The van der Waals surface area contributed by atoms with Gasteiger partial charge in [-0.25, -0.2) is 4.98 Å². The van der Waals surface area contributed by atoms with Crippen LogP contribution in [0.4, 0.5) is 5.82 Å². The molecule has 0 aliphatic rings. The molecule has 0 saturated heterocycles. The topological polar surface area (TPSA) is 46.8 Å². The van der Waals surface area contributed by atoms with E-state index in [0.717, 1.165) is 17.2 Å². The van der Waals surface area contributed by atoms with Crippen LogP contribution >= 0.6 is 0 Å². The van der Waals surface area contributed by atoms with Crippen LogP contribution < -0.4 is 4.90 Å². The molecule has 0 radical (unpaired) electrons. The van der Waals surface area contributed by atoms with E-state index in [-0.39, 0.29) is 0 Å². The standard InChI is InChI=1S/C16H17N5/c1-20-12-16(19-13-20)21(10-14-6-2-4-8-17-14)11-15-7-3-5-9-18-15/h2-9,12-13H,10-11H2,1H3. The van der Waals surface area contributed by atoms with E-state index >= 15 is 0 Å². The number of rotatable bonds is 5. The Hall–Kier alpha value is -2.69. The van der Waals surface area contributed by atoms with Gasteiger partial charge in [-0.2, -0.15) is 0 Å². The summed E-state index contributed by atoms with van der Waals surface area (Å²) in [7, 11) is 1.97. The Kier molecular flexibility index (Phi) is 3.91. The molecule has 5 nitrogen and oxygen atoms in total. The van der Waals surface area contributed by atoms with Gasteiger partial charge in [0, 0.05) is 25.6 Å². The molecule has 106 valence electrons. The van der Waals surface area contributed by atoms with Crippen molar-refractivity contribution < 1.29 is 0 Å². The highest BCUT2D eigenvalue weighted by molar-refractivity contribution is 5.37. The zero-order chi connectivity index (χ0) is 14.5. The molecular weight excluding hydrogens is 262 g/mol. The Morgan fingerprint density at radius 1 is 0.905 bits per heavy atom. The third kappa shape index (κ3) is 3.45. The third-order valence-corrected chi connectivity index (χ3v) is 3.17.